The van der Waals surface area contributed by atoms with Gasteiger partial charge in [-0.3, -0.25) is 9.59 Å². The number of benzene rings is 1. The zero-order chi connectivity index (χ0) is 17.5. The van der Waals surface area contributed by atoms with E-state index in [1.54, 1.807) is 31.3 Å². The van der Waals surface area contributed by atoms with E-state index in [4.69, 9.17) is 0 Å². The summed E-state index contributed by atoms with van der Waals surface area (Å²) in [5.41, 5.74) is 1.32. The maximum Gasteiger partial charge on any atom is 0.411 e. The normalized spacial score (nSPS) is 11.2. The molecule has 1 rings (SSSR count). The lowest BCUT2D eigenvalue weighted by Crippen LogP contribution is -2.28. The van der Waals surface area contributed by atoms with Crippen LogP contribution in [0.3, 0.4) is 0 Å². The molecule has 0 aliphatic heterocycles. The van der Waals surface area contributed by atoms with Gasteiger partial charge in [-0.2, -0.15) is 13.2 Å². The molecule has 0 bridgehead atoms. The quantitative estimate of drug-likeness (QED) is 0.777. The summed E-state index contributed by atoms with van der Waals surface area (Å²) in [4.78, 5) is 24.6. The minimum atomic E-state index is -4.39. The topological polar surface area (TPSA) is 58.6 Å². The molecule has 0 saturated heterocycles. The summed E-state index contributed by atoms with van der Waals surface area (Å²) in [6, 6.07) is 6.71. The highest BCUT2D eigenvalue weighted by Gasteiger charge is 2.27. The van der Waals surface area contributed by atoms with Crippen molar-refractivity contribution in [2.45, 2.75) is 19.1 Å². The van der Waals surface area contributed by atoms with Crippen LogP contribution in [0.4, 0.5) is 13.2 Å². The Morgan fingerprint density at radius 1 is 1.22 bits per heavy atom. The summed E-state index contributed by atoms with van der Waals surface area (Å²) in [6.45, 7) is -1.34. The monoisotopic (exact) mass is 332 g/mol. The molecule has 0 saturated carbocycles. The van der Waals surface area contributed by atoms with E-state index in [-0.39, 0.29) is 24.8 Å². The van der Waals surface area contributed by atoms with Crippen LogP contribution in [-0.2, 0) is 16.1 Å². The number of nitrogens with one attached hydrogen (secondary N) is 1. The van der Waals surface area contributed by atoms with E-state index in [0.717, 1.165) is 5.56 Å². The van der Waals surface area contributed by atoms with Gasteiger partial charge in [0.2, 0.25) is 5.91 Å². The zero-order valence-electron chi connectivity index (χ0n) is 12.9. The Morgan fingerprint density at radius 3 is 2.35 bits per heavy atom. The van der Waals surface area contributed by atoms with Crippen molar-refractivity contribution < 1.29 is 27.5 Å². The lowest BCUT2D eigenvalue weighted by molar-refractivity contribution is -0.175. The third-order valence-electron chi connectivity index (χ3n) is 3.01. The van der Waals surface area contributed by atoms with E-state index in [0.29, 0.717) is 12.1 Å². The first-order valence-corrected chi connectivity index (χ1v) is 6.92. The van der Waals surface area contributed by atoms with Gasteiger partial charge in [-0.1, -0.05) is 12.1 Å². The summed E-state index contributed by atoms with van der Waals surface area (Å²) >= 11 is 0. The van der Waals surface area contributed by atoms with Crippen molar-refractivity contribution in [2.75, 3.05) is 27.3 Å². The van der Waals surface area contributed by atoms with E-state index in [2.05, 4.69) is 10.1 Å². The molecule has 0 fully saturated rings. The Balaban J connectivity index is 2.41. The molecule has 0 heterocycles. The summed E-state index contributed by atoms with van der Waals surface area (Å²) < 4.78 is 40.1. The Kier molecular flexibility index (Phi) is 7.02. The van der Waals surface area contributed by atoms with Gasteiger partial charge in [0.15, 0.2) is 0 Å². The minimum absolute atomic E-state index is 0.122. The number of rotatable bonds is 7. The van der Waals surface area contributed by atoms with Crippen molar-refractivity contribution in [1.29, 1.82) is 0 Å². The van der Waals surface area contributed by atoms with E-state index < -0.39 is 12.8 Å². The molecule has 23 heavy (non-hydrogen) atoms. The number of carbonyl (C=O) groups excluding carboxylic acids is 2. The third-order valence-corrected chi connectivity index (χ3v) is 3.01. The smallest absolute Gasteiger partial charge is 0.372 e. The summed E-state index contributed by atoms with van der Waals surface area (Å²) in [5, 5.41) is 2.50. The SMILES string of the molecule is CNC(=O)c1ccc(CN(C)C(=O)CCOCC(F)(F)F)cc1. The van der Waals surface area contributed by atoms with Crippen LogP contribution in [-0.4, -0.2) is 50.2 Å². The number of hydrogen-bond acceptors (Lipinski definition) is 3. The number of hydrogen-bond donors (Lipinski definition) is 1. The van der Waals surface area contributed by atoms with Crippen LogP contribution in [0.2, 0.25) is 0 Å². The first-order valence-electron chi connectivity index (χ1n) is 6.92. The Morgan fingerprint density at radius 2 is 1.83 bits per heavy atom. The molecule has 5 nitrogen and oxygen atoms in total. The van der Waals surface area contributed by atoms with Gasteiger partial charge in [-0.25, -0.2) is 0 Å². The second-order valence-electron chi connectivity index (χ2n) is 4.94. The summed E-state index contributed by atoms with van der Waals surface area (Å²) in [6.07, 6.45) is -4.51. The van der Waals surface area contributed by atoms with Crippen molar-refractivity contribution in [2.24, 2.45) is 0 Å². The first-order chi connectivity index (χ1) is 10.7. The molecule has 0 radical (unpaired) electrons. The van der Waals surface area contributed by atoms with Crippen molar-refractivity contribution in [3.8, 4) is 0 Å². The lowest BCUT2D eigenvalue weighted by Gasteiger charge is -2.17. The number of halogens is 3. The fourth-order valence-corrected chi connectivity index (χ4v) is 1.81. The van der Waals surface area contributed by atoms with E-state index in [1.165, 1.54) is 11.9 Å². The van der Waals surface area contributed by atoms with Crippen LogP contribution < -0.4 is 5.32 Å². The molecule has 0 atom stereocenters. The van der Waals surface area contributed by atoms with Crippen molar-refractivity contribution in [1.82, 2.24) is 10.2 Å². The van der Waals surface area contributed by atoms with Crippen LogP contribution in [0, 0.1) is 0 Å². The van der Waals surface area contributed by atoms with Crippen molar-refractivity contribution in [3.63, 3.8) is 0 Å². The Hall–Kier alpha value is -2.09. The van der Waals surface area contributed by atoms with Gasteiger partial charge in [-0.15, -0.1) is 0 Å². The molecule has 0 spiro atoms. The van der Waals surface area contributed by atoms with E-state index in [1.807, 2.05) is 0 Å². The molecule has 0 aliphatic rings. The van der Waals surface area contributed by atoms with E-state index in [9.17, 15) is 22.8 Å². The highest BCUT2D eigenvalue weighted by atomic mass is 19.4. The average Bonchev–Trinajstić information content (AvgIpc) is 2.50. The Bertz CT molecular complexity index is 530. The molecule has 0 aliphatic carbocycles. The number of alkyl halides is 3. The molecule has 0 unspecified atom stereocenters. The first kappa shape index (κ1) is 19.0. The second kappa shape index (κ2) is 8.52. The Labute approximate surface area is 132 Å². The number of ether oxygens (including phenoxy) is 1. The van der Waals surface area contributed by atoms with Gasteiger partial charge < -0.3 is 15.0 Å². The van der Waals surface area contributed by atoms with Crippen LogP contribution in [0.1, 0.15) is 22.3 Å². The van der Waals surface area contributed by atoms with Gasteiger partial charge in [0, 0.05) is 26.2 Å². The second-order valence-corrected chi connectivity index (χ2v) is 4.94. The third kappa shape index (κ3) is 7.14. The molecule has 0 aromatic heterocycles. The van der Waals surface area contributed by atoms with Crippen molar-refractivity contribution in [3.05, 3.63) is 35.4 Å². The molecule has 2 amide bonds. The molecular formula is C15H19F3N2O3. The molecule has 8 heteroatoms. The van der Waals surface area contributed by atoms with E-state index >= 15 is 0 Å². The fourth-order valence-electron chi connectivity index (χ4n) is 1.81. The highest BCUT2D eigenvalue weighted by molar-refractivity contribution is 5.93. The van der Waals surface area contributed by atoms with Crippen molar-refractivity contribution >= 4 is 11.8 Å². The van der Waals surface area contributed by atoms with Crippen LogP contribution in [0.25, 0.3) is 0 Å². The highest BCUT2D eigenvalue weighted by Crippen LogP contribution is 2.14. The standard InChI is InChI=1S/C15H19F3N2O3/c1-19-14(22)12-5-3-11(4-6-12)9-20(2)13(21)7-8-23-10-15(16,17)18/h3-6H,7-10H2,1-2H3,(H,19,22). The molecule has 1 aromatic carbocycles. The molecule has 1 aromatic rings. The number of amides is 2. The largest absolute Gasteiger partial charge is 0.411 e. The van der Waals surface area contributed by atoms with Crippen LogP contribution in [0.15, 0.2) is 24.3 Å². The molecular weight excluding hydrogens is 313 g/mol. The van der Waals surface area contributed by atoms with Gasteiger partial charge in [0.25, 0.3) is 5.91 Å². The molecule has 1 N–H and O–H groups in total. The minimum Gasteiger partial charge on any atom is -0.372 e. The number of nitrogens with zero attached hydrogens (tertiary/aromatic N) is 1. The zero-order valence-corrected chi connectivity index (χ0v) is 12.9. The van der Waals surface area contributed by atoms with Crippen LogP contribution >= 0.6 is 0 Å². The van der Waals surface area contributed by atoms with Crippen LogP contribution in [0.5, 0.6) is 0 Å². The van der Waals surface area contributed by atoms with Gasteiger partial charge in [0.1, 0.15) is 6.61 Å². The predicted octanol–water partition coefficient (Wildman–Crippen LogP) is 1.97. The maximum absolute atomic E-state index is 11.9. The molecule has 128 valence electrons. The number of carbonyl (C=O) groups is 2. The van der Waals surface area contributed by atoms with Gasteiger partial charge in [-0.05, 0) is 17.7 Å². The summed E-state index contributed by atoms with van der Waals surface area (Å²) in [5.74, 6) is -0.523. The fraction of sp³-hybridized carbons (Fsp3) is 0.467. The predicted molar refractivity (Wildman–Crippen MR) is 77.8 cm³/mol. The maximum atomic E-state index is 11.9. The summed E-state index contributed by atoms with van der Waals surface area (Å²) in [7, 11) is 3.09. The van der Waals surface area contributed by atoms with Gasteiger partial charge in [0.05, 0.1) is 13.0 Å². The lowest BCUT2D eigenvalue weighted by atomic mass is 10.1. The van der Waals surface area contributed by atoms with Gasteiger partial charge >= 0.3 is 6.18 Å². The average molecular weight is 332 g/mol.